The van der Waals surface area contributed by atoms with E-state index in [1.165, 1.54) is 18.2 Å². The standard InChI is InChI=1S/C14H11ClFNO/c1-9-12(15)6-3-7-13(9)17-14(18)10-4-2-5-11(16)8-10/h2-8H,1H3,(H,17,18). The summed E-state index contributed by atoms with van der Waals surface area (Å²) in [4.78, 5) is 11.9. The Morgan fingerprint density at radius 1 is 1.22 bits per heavy atom. The molecule has 1 N–H and O–H groups in total. The maximum atomic E-state index is 13.0. The van der Waals surface area contributed by atoms with E-state index >= 15 is 0 Å². The van der Waals surface area contributed by atoms with E-state index in [2.05, 4.69) is 5.32 Å². The highest BCUT2D eigenvalue weighted by atomic mass is 35.5. The summed E-state index contributed by atoms with van der Waals surface area (Å²) in [5.41, 5.74) is 1.68. The zero-order valence-corrected chi connectivity index (χ0v) is 10.5. The molecule has 0 bridgehead atoms. The highest BCUT2D eigenvalue weighted by Crippen LogP contribution is 2.23. The molecule has 18 heavy (non-hydrogen) atoms. The Labute approximate surface area is 109 Å². The van der Waals surface area contributed by atoms with Gasteiger partial charge in [0.15, 0.2) is 0 Å². The lowest BCUT2D eigenvalue weighted by atomic mass is 10.1. The van der Waals surface area contributed by atoms with Crippen LogP contribution in [0.5, 0.6) is 0 Å². The number of rotatable bonds is 2. The first-order valence-electron chi connectivity index (χ1n) is 5.40. The van der Waals surface area contributed by atoms with Gasteiger partial charge >= 0.3 is 0 Å². The number of halogens is 2. The Balaban J connectivity index is 2.24. The summed E-state index contributed by atoms with van der Waals surface area (Å²) in [5, 5.41) is 3.28. The average Bonchev–Trinajstić information content (AvgIpc) is 2.35. The number of hydrogen-bond acceptors (Lipinski definition) is 1. The largest absolute Gasteiger partial charge is 0.322 e. The predicted octanol–water partition coefficient (Wildman–Crippen LogP) is 4.04. The van der Waals surface area contributed by atoms with Crippen LogP contribution in [0.25, 0.3) is 0 Å². The fraction of sp³-hybridized carbons (Fsp3) is 0.0714. The first kappa shape index (κ1) is 12.6. The molecule has 0 aliphatic rings. The van der Waals surface area contributed by atoms with Crippen molar-refractivity contribution >= 4 is 23.2 Å². The molecule has 0 atom stereocenters. The second-order valence-corrected chi connectivity index (χ2v) is 4.28. The summed E-state index contributed by atoms with van der Waals surface area (Å²) >= 11 is 5.96. The van der Waals surface area contributed by atoms with Crippen LogP contribution in [0.4, 0.5) is 10.1 Å². The van der Waals surface area contributed by atoms with E-state index < -0.39 is 5.82 Å². The number of hydrogen-bond donors (Lipinski definition) is 1. The van der Waals surface area contributed by atoms with Gasteiger partial charge in [0, 0.05) is 16.3 Å². The van der Waals surface area contributed by atoms with Crippen molar-refractivity contribution in [2.75, 3.05) is 5.32 Å². The Hall–Kier alpha value is -1.87. The van der Waals surface area contributed by atoms with Crippen molar-refractivity contribution in [1.82, 2.24) is 0 Å². The quantitative estimate of drug-likeness (QED) is 0.870. The van der Waals surface area contributed by atoms with Crippen LogP contribution >= 0.6 is 11.6 Å². The molecule has 2 aromatic carbocycles. The van der Waals surface area contributed by atoms with Crippen molar-refractivity contribution in [2.45, 2.75) is 6.92 Å². The Morgan fingerprint density at radius 2 is 1.94 bits per heavy atom. The van der Waals surface area contributed by atoms with Crippen LogP contribution in [0.15, 0.2) is 42.5 Å². The molecule has 4 heteroatoms. The lowest BCUT2D eigenvalue weighted by Gasteiger charge is -2.09. The number of amides is 1. The van der Waals surface area contributed by atoms with Gasteiger partial charge in [-0.3, -0.25) is 4.79 Å². The molecule has 0 aliphatic carbocycles. The molecule has 0 spiro atoms. The van der Waals surface area contributed by atoms with E-state index in [1.807, 2.05) is 6.92 Å². The van der Waals surface area contributed by atoms with Gasteiger partial charge in [-0.05, 0) is 42.8 Å². The number of benzene rings is 2. The molecule has 0 unspecified atom stereocenters. The average molecular weight is 264 g/mol. The SMILES string of the molecule is Cc1c(Cl)cccc1NC(=O)c1cccc(F)c1. The van der Waals surface area contributed by atoms with Crippen LogP contribution in [0.3, 0.4) is 0 Å². The zero-order valence-electron chi connectivity index (χ0n) is 9.71. The predicted molar refractivity (Wildman–Crippen MR) is 70.5 cm³/mol. The molecule has 2 nitrogen and oxygen atoms in total. The van der Waals surface area contributed by atoms with Gasteiger partial charge in [-0.25, -0.2) is 4.39 Å². The summed E-state index contributed by atoms with van der Waals surface area (Å²) in [7, 11) is 0. The summed E-state index contributed by atoms with van der Waals surface area (Å²) in [6, 6.07) is 10.8. The first-order valence-corrected chi connectivity index (χ1v) is 5.78. The fourth-order valence-corrected chi connectivity index (χ4v) is 1.74. The number of carbonyl (C=O) groups excluding carboxylic acids is 1. The van der Waals surface area contributed by atoms with Gasteiger partial charge in [0.1, 0.15) is 5.82 Å². The zero-order chi connectivity index (χ0) is 13.1. The maximum absolute atomic E-state index is 13.0. The van der Waals surface area contributed by atoms with Gasteiger partial charge in [-0.2, -0.15) is 0 Å². The van der Waals surface area contributed by atoms with Gasteiger partial charge in [0.2, 0.25) is 0 Å². The topological polar surface area (TPSA) is 29.1 Å². The van der Waals surface area contributed by atoms with Crippen LogP contribution in [-0.4, -0.2) is 5.91 Å². The molecule has 0 aromatic heterocycles. The highest BCUT2D eigenvalue weighted by molar-refractivity contribution is 6.31. The normalized spacial score (nSPS) is 10.2. The molecule has 0 radical (unpaired) electrons. The second-order valence-electron chi connectivity index (χ2n) is 3.88. The third-order valence-electron chi connectivity index (χ3n) is 2.60. The summed E-state index contributed by atoms with van der Waals surface area (Å²) in [6.07, 6.45) is 0. The van der Waals surface area contributed by atoms with Gasteiger partial charge in [0.25, 0.3) is 5.91 Å². The lowest BCUT2D eigenvalue weighted by molar-refractivity contribution is 0.102. The maximum Gasteiger partial charge on any atom is 0.255 e. The molecule has 2 rings (SSSR count). The molecule has 0 fully saturated rings. The van der Waals surface area contributed by atoms with Crippen molar-refractivity contribution in [1.29, 1.82) is 0 Å². The molecule has 0 aliphatic heterocycles. The Kier molecular flexibility index (Phi) is 3.63. The van der Waals surface area contributed by atoms with E-state index in [0.717, 1.165) is 5.56 Å². The van der Waals surface area contributed by atoms with Crippen LogP contribution in [-0.2, 0) is 0 Å². The minimum absolute atomic E-state index is 0.273. The van der Waals surface area contributed by atoms with Crippen molar-refractivity contribution in [3.05, 3.63) is 64.4 Å². The van der Waals surface area contributed by atoms with Gasteiger partial charge in [-0.1, -0.05) is 23.7 Å². The molecule has 0 heterocycles. The van der Waals surface area contributed by atoms with E-state index in [4.69, 9.17) is 11.6 Å². The summed E-state index contributed by atoms with van der Waals surface area (Å²) < 4.78 is 13.0. The van der Waals surface area contributed by atoms with Crippen LogP contribution < -0.4 is 5.32 Å². The number of anilines is 1. The van der Waals surface area contributed by atoms with E-state index in [-0.39, 0.29) is 11.5 Å². The molecule has 1 amide bonds. The van der Waals surface area contributed by atoms with Crippen LogP contribution in [0.2, 0.25) is 5.02 Å². The van der Waals surface area contributed by atoms with Crippen molar-refractivity contribution in [3.63, 3.8) is 0 Å². The minimum atomic E-state index is -0.439. The molecular formula is C14H11ClFNO. The van der Waals surface area contributed by atoms with Crippen molar-refractivity contribution in [2.24, 2.45) is 0 Å². The molecule has 0 saturated carbocycles. The van der Waals surface area contributed by atoms with Gasteiger partial charge in [0.05, 0.1) is 0 Å². The van der Waals surface area contributed by atoms with Gasteiger partial charge in [-0.15, -0.1) is 0 Å². The third kappa shape index (κ3) is 2.68. The Bertz CT molecular complexity index is 598. The number of nitrogens with one attached hydrogen (secondary N) is 1. The second kappa shape index (κ2) is 5.19. The highest BCUT2D eigenvalue weighted by Gasteiger charge is 2.09. The molecule has 2 aromatic rings. The first-order chi connectivity index (χ1) is 8.58. The smallest absolute Gasteiger partial charge is 0.255 e. The van der Waals surface area contributed by atoms with Crippen LogP contribution in [0.1, 0.15) is 15.9 Å². The lowest BCUT2D eigenvalue weighted by Crippen LogP contribution is -2.12. The molecule has 0 saturated heterocycles. The van der Waals surface area contributed by atoms with Crippen LogP contribution in [0, 0.1) is 12.7 Å². The van der Waals surface area contributed by atoms with Crippen molar-refractivity contribution in [3.8, 4) is 0 Å². The molecule has 92 valence electrons. The summed E-state index contributed by atoms with van der Waals surface area (Å²) in [6.45, 7) is 1.81. The minimum Gasteiger partial charge on any atom is -0.322 e. The summed E-state index contributed by atoms with van der Waals surface area (Å²) in [5.74, 6) is -0.801. The Morgan fingerprint density at radius 3 is 2.67 bits per heavy atom. The monoisotopic (exact) mass is 263 g/mol. The third-order valence-corrected chi connectivity index (χ3v) is 3.01. The van der Waals surface area contributed by atoms with E-state index in [1.54, 1.807) is 24.3 Å². The van der Waals surface area contributed by atoms with Gasteiger partial charge < -0.3 is 5.32 Å². The number of carbonyl (C=O) groups is 1. The van der Waals surface area contributed by atoms with E-state index in [9.17, 15) is 9.18 Å². The van der Waals surface area contributed by atoms with E-state index in [0.29, 0.717) is 10.7 Å². The van der Waals surface area contributed by atoms with Crippen molar-refractivity contribution < 1.29 is 9.18 Å². The molecular weight excluding hydrogens is 253 g/mol. The fourth-order valence-electron chi connectivity index (χ4n) is 1.57.